The van der Waals surface area contributed by atoms with E-state index in [1.165, 1.54) is 30.2 Å². The van der Waals surface area contributed by atoms with E-state index in [0.29, 0.717) is 11.0 Å². The Bertz CT molecular complexity index is 909. The number of carbonyl (C=O) groups excluding carboxylic acids is 1. The van der Waals surface area contributed by atoms with Crippen LogP contribution in [0.5, 0.6) is 0 Å². The number of rotatable bonds is 8. The van der Waals surface area contributed by atoms with Crippen LogP contribution in [0.15, 0.2) is 27.1 Å². The van der Waals surface area contributed by atoms with Gasteiger partial charge in [0.1, 0.15) is 10.3 Å². The van der Waals surface area contributed by atoms with Gasteiger partial charge in [-0.05, 0) is 42.7 Å². The number of thiophene rings is 1. The molecule has 2 N–H and O–H groups in total. The summed E-state index contributed by atoms with van der Waals surface area (Å²) >= 11 is 2.49. The Hall–Kier alpha value is -1.33. The number of thiazole rings is 1. The molecule has 1 fully saturated rings. The molecule has 2 unspecified atom stereocenters. The van der Waals surface area contributed by atoms with Crippen molar-refractivity contribution < 1.29 is 13.2 Å². The van der Waals surface area contributed by atoms with Gasteiger partial charge in [0.05, 0.1) is 5.69 Å². The van der Waals surface area contributed by atoms with Crippen LogP contribution in [-0.4, -0.2) is 43.3 Å². The fourth-order valence-corrected chi connectivity index (χ4v) is 6.47. The SMILES string of the molecule is CC1CCCN(Cc2csc(NC(=O)C(NS(=O)(=O)c3cccs3)C(C)C)n2)C1. The van der Waals surface area contributed by atoms with E-state index in [1.54, 1.807) is 11.4 Å². The van der Waals surface area contributed by atoms with Crippen LogP contribution in [0.1, 0.15) is 39.3 Å². The Labute approximate surface area is 180 Å². The fraction of sp³-hybridized carbons (Fsp3) is 0.579. The Balaban J connectivity index is 1.62. The number of hydrogen-bond donors (Lipinski definition) is 2. The summed E-state index contributed by atoms with van der Waals surface area (Å²) in [4.78, 5) is 19.7. The van der Waals surface area contributed by atoms with Gasteiger partial charge in [0.2, 0.25) is 5.91 Å². The molecule has 1 saturated heterocycles. The van der Waals surface area contributed by atoms with Gasteiger partial charge in [-0.2, -0.15) is 4.72 Å². The monoisotopic (exact) mass is 456 g/mol. The van der Waals surface area contributed by atoms with Crippen molar-refractivity contribution in [2.45, 2.75) is 50.4 Å². The van der Waals surface area contributed by atoms with Crippen LogP contribution < -0.4 is 10.0 Å². The summed E-state index contributed by atoms with van der Waals surface area (Å²) in [6.07, 6.45) is 2.47. The van der Waals surface area contributed by atoms with Gasteiger partial charge in [0.25, 0.3) is 10.0 Å². The first-order chi connectivity index (χ1) is 13.7. The molecule has 1 amide bonds. The van der Waals surface area contributed by atoms with Crippen molar-refractivity contribution in [3.8, 4) is 0 Å². The second kappa shape index (κ2) is 9.65. The Kier molecular flexibility index (Phi) is 7.44. The summed E-state index contributed by atoms with van der Waals surface area (Å²) in [6.45, 7) is 8.80. The van der Waals surface area contributed by atoms with Gasteiger partial charge in [0, 0.05) is 18.5 Å². The first-order valence-corrected chi connectivity index (χ1v) is 13.0. The van der Waals surface area contributed by atoms with Gasteiger partial charge in [-0.1, -0.05) is 26.8 Å². The standard InChI is InChI=1S/C19H28N4O3S3/c1-13(2)17(22-29(25,26)16-7-5-9-27-16)18(24)21-19-20-15(12-28-19)11-23-8-4-6-14(3)10-23/h5,7,9,12-14,17,22H,4,6,8,10-11H2,1-3H3,(H,20,21,24). The Morgan fingerprint density at radius 3 is 2.83 bits per heavy atom. The summed E-state index contributed by atoms with van der Waals surface area (Å²) in [6, 6.07) is 2.32. The maximum absolute atomic E-state index is 12.8. The van der Waals surface area contributed by atoms with E-state index < -0.39 is 22.0 Å². The predicted octanol–water partition coefficient (Wildman–Crippen LogP) is 3.38. The van der Waals surface area contributed by atoms with Crippen molar-refractivity contribution in [2.24, 2.45) is 11.8 Å². The molecular weight excluding hydrogens is 428 g/mol. The lowest BCUT2D eigenvalue weighted by Gasteiger charge is -2.30. The molecule has 10 heteroatoms. The lowest BCUT2D eigenvalue weighted by Crippen LogP contribution is -2.46. The Morgan fingerprint density at radius 1 is 1.38 bits per heavy atom. The second-order valence-corrected chi connectivity index (χ2v) is 11.6. The van der Waals surface area contributed by atoms with Gasteiger partial charge in [-0.25, -0.2) is 13.4 Å². The van der Waals surface area contributed by atoms with Crippen LogP contribution in [0, 0.1) is 11.8 Å². The molecule has 2 aromatic rings. The van der Waals surface area contributed by atoms with Crippen LogP contribution in [-0.2, 0) is 21.4 Å². The summed E-state index contributed by atoms with van der Waals surface area (Å²) in [5.74, 6) is 0.0939. The molecule has 2 atom stereocenters. The number of carbonyl (C=O) groups is 1. The average molecular weight is 457 g/mol. The maximum Gasteiger partial charge on any atom is 0.250 e. The molecule has 3 rings (SSSR count). The normalized spacial score (nSPS) is 19.4. The van der Waals surface area contributed by atoms with Crippen molar-refractivity contribution in [2.75, 3.05) is 18.4 Å². The molecule has 0 spiro atoms. The molecule has 0 bridgehead atoms. The first kappa shape index (κ1) is 22.4. The minimum Gasteiger partial charge on any atom is -0.301 e. The summed E-state index contributed by atoms with van der Waals surface area (Å²) in [5.41, 5.74) is 0.930. The van der Waals surface area contributed by atoms with E-state index in [4.69, 9.17) is 0 Å². The number of anilines is 1. The molecule has 0 aliphatic carbocycles. The van der Waals surface area contributed by atoms with Gasteiger partial charge in [-0.3, -0.25) is 9.69 Å². The third-order valence-electron chi connectivity index (χ3n) is 4.90. The molecule has 2 aromatic heterocycles. The highest BCUT2D eigenvalue weighted by Crippen LogP contribution is 2.22. The first-order valence-electron chi connectivity index (χ1n) is 9.78. The summed E-state index contributed by atoms with van der Waals surface area (Å²) in [5, 5.41) is 6.93. The minimum atomic E-state index is -3.73. The molecule has 0 saturated carbocycles. The van der Waals surface area contributed by atoms with Crippen molar-refractivity contribution >= 4 is 43.7 Å². The molecule has 7 nitrogen and oxygen atoms in total. The predicted molar refractivity (Wildman–Crippen MR) is 118 cm³/mol. The molecule has 3 heterocycles. The van der Waals surface area contributed by atoms with E-state index in [0.717, 1.165) is 36.7 Å². The van der Waals surface area contributed by atoms with Crippen molar-refractivity contribution in [3.63, 3.8) is 0 Å². The highest BCUT2D eigenvalue weighted by Gasteiger charge is 2.29. The fourth-order valence-electron chi connectivity index (χ4n) is 3.41. The molecule has 0 radical (unpaired) electrons. The van der Waals surface area contributed by atoms with E-state index in [2.05, 4.69) is 26.8 Å². The summed E-state index contributed by atoms with van der Waals surface area (Å²) in [7, 11) is -3.73. The topological polar surface area (TPSA) is 91.4 Å². The number of hydrogen-bond acceptors (Lipinski definition) is 7. The van der Waals surface area contributed by atoms with Crippen LogP contribution in [0.3, 0.4) is 0 Å². The minimum absolute atomic E-state index is 0.197. The summed E-state index contributed by atoms with van der Waals surface area (Å²) < 4.78 is 27.8. The van der Waals surface area contributed by atoms with Crippen molar-refractivity contribution in [3.05, 3.63) is 28.6 Å². The lowest BCUT2D eigenvalue weighted by molar-refractivity contribution is -0.118. The number of amides is 1. The molecule has 160 valence electrons. The van der Waals surface area contributed by atoms with Gasteiger partial charge < -0.3 is 5.32 Å². The third kappa shape index (κ3) is 6.08. The van der Waals surface area contributed by atoms with Gasteiger partial charge >= 0.3 is 0 Å². The highest BCUT2D eigenvalue weighted by molar-refractivity contribution is 7.91. The number of likely N-dealkylation sites (tertiary alicyclic amines) is 1. The van der Waals surface area contributed by atoms with Crippen LogP contribution in [0.2, 0.25) is 0 Å². The zero-order valence-corrected chi connectivity index (χ0v) is 19.4. The van der Waals surface area contributed by atoms with Crippen LogP contribution in [0.25, 0.3) is 0 Å². The molecule has 29 heavy (non-hydrogen) atoms. The average Bonchev–Trinajstić information content (AvgIpc) is 3.32. The number of nitrogens with zero attached hydrogens (tertiary/aromatic N) is 2. The second-order valence-electron chi connectivity index (χ2n) is 7.89. The van der Waals surface area contributed by atoms with E-state index in [-0.39, 0.29) is 10.1 Å². The number of piperidine rings is 1. The molecule has 1 aliphatic heterocycles. The number of nitrogens with one attached hydrogen (secondary N) is 2. The largest absolute Gasteiger partial charge is 0.301 e. The maximum atomic E-state index is 12.8. The van der Waals surface area contributed by atoms with Crippen molar-refractivity contribution in [1.82, 2.24) is 14.6 Å². The zero-order valence-electron chi connectivity index (χ0n) is 16.9. The smallest absolute Gasteiger partial charge is 0.250 e. The molecular formula is C19H28N4O3S3. The van der Waals surface area contributed by atoms with E-state index in [1.807, 2.05) is 19.2 Å². The quantitative estimate of drug-likeness (QED) is 0.635. The van der Waals surface area contributed by atoms with E-state index >= 15 is 0 Å². The zero-order chi connectivity index (χ0) is 21.0. The third-order valence-corrected chi connectivity index (χ3v) is 8.54. The van der Waals surface area contributed by atoms with Crippen LogP contribution >= 0.6 is 22.7 Å². The van der Waals surface area contributed by atoms with Gasteiger partial charge in [0.15, 0.2) is 5.13 Å². The highest BCUT2D eigenvalue weighted by atomic mass is 32.2. The molecule has 1 aliphatic rings. The van der Waals surface area contributed by atoms with E-state index in [9.17, 15) is 13.2 Å². The number of sulfonamides is 1. The van der Waals surface area contributed by atoms with Gasteiger partial charge in [-0.15, -0.1) is 22.7 Å². The molecule has 0 aromatic carbocycles. The number of aromatic nitrogens is 1. The van der Waals surface area contributed by atoms with Crippen molar-refractivity contribution in [1.29, 1.82) is 0 Å². The van der Waals surface area contributed by atoms with Crippen LogP contribution in [0.4, 0.5) is 5.13 Å². The Morgan fingerprint density at radius 2 is 2.17 bits per heavy atom. The lowest BCUT2D eigenvalue weighted by atomic mass is 10.0.